The first-order chi connectivity index (χ1) is 10.2. The van der Waals surface area contributed by atoms with Crippen molar-refractivity contribution in [2.24, 2.45) is 0 Å². The zero-order valence-electron chi connectivity index (χ0n) is 11.7. The number of para-hydroxylation sites is 1. The highest BCUT2D eigenvalue weighted by molar-refractivity contribution is 5.50. The summed E-state index contributed by atoms with van der Waals surface area (Å²) < 4.78 is 1.70. The molecule has 0 unspecified atom stereocenters. The van der Waals surface area contributed by atoms with Gasteiger partial charge in [-0.05, 0) is 36.8 Å². The van der Waals surface area contributed by atoms with E-state index in [0.29, 0.717) is 12.3 Å². The van der Waals surface area contributed by atoms with E-state index in [0.717, 1.165) is 22.5 Å². The molecule has 3 rings (SSSR count). The molecule has 0 saturated carbocycles. The number of phenols is 1. The zero-order valence-corrected chi connectivity index (χ0v) is 11.7. The van der Waals surface area contributed by atoms with Gasteiger partial charge in [0.2, 0.25) is 0 Å². The first kappa shape index (κ1) is 13.2. The van der Waals surface area contributed by atoms with Crippen LogP contribution in [0, 0.1) is 6.92 Å². The van der Waals surface area contributed by atoms with E-state index in [1.807, 2.05) is 49.4 Å². The molecular weight excluding hydrogens is 264 g/mol. The van der Waals surface area contributed by atoms with Gasteiger partial charge in [0.1, 0.15) is 18.4 Å². The lowest BCUT2D eigenvalue weighted by Crippen LogP contribution is -2.01. The minimum absolute atomic E-state index is 0.351. The summed E-state index contributed by atoms with van der Waals surface area (Å²) in [7, 11) is 0. The summed E-state index contributed by atoms with van der Waals surface area (Å²) >= 11 is 0. The van der Waals surface area contributed by atoms with Crippen molar-refractivity contribution in [3.8, 4) is 11.4 Å². The smallest absolute Gasteiger partial charge is 0.138 e. The zero-order chi connectivity index (χ0) is 14.7. The van der Waals surface area contributed by atoms with E-state index in [4.69, 9.17) is 0 Å². The predicted octanol–water partition coefficient (Wildman–Crippen LogP) is 2.89. The maximum Gasteiger partial charge on any atom is 0.138 e. The highest BCUT2D eigenvalue weighted by atomic mass is 16.3. The van der Waals surface area contributed by atoms with Crippen molar-refractivity contribution in [1.82, 2.24) is 14.8 Å². The number of aromatic nitrogens is 3. The number of aryl methyl sites for hydroxylation is 1. The Morgan fingerprint density at radius 3 is 2.67 bits per heavy atom. The Kier molecular flexibility index (Phi) is 3.55. The monoisotopic (exact) mass is 280 g/mol. The van der Waals surface area contributed by atoms with E-state index in [2.05, 4.69) is 15.4 Å². The fourth-order valence-electron chi connectivity index (χ4n) is 2.13. The first-order valence-electron chi connectivity index (χ1n) is 6.70. The number of nitrogens with one attached hydrogen (secondary N) is 1. The van der Waals surface area contributed by atoms with Crippen molar-refractivity contribution >= 4 is 5.69 Å². The Morgan fingerprint density at radius 1 is 1.14 bits per heavy atom. The van der Waals surface area contributed by atoms with Crippen molar-refractivity contribution < 1.29 is 5.11 Å². The number of phenolic OH excluding ortho intramolecular Hbond substituents is 1. The third kappa shape index (κ3) is 2.86. The molecule has 5 nitrogen and oxygen atoms in total. The highest BCUT2D eigenvalue weighted by Crippen LogP contribution is 2.22. The number of rotatable bonds is 4. The van der Waals surface area contributed by atoms with Crippen LogP contribution in [0.1, 0.15) is 11.1 Å². The van der Waals surface area contributed by atoms with Crippen molar-refractivity contribution in [2.75, 3.05) is 5.32 Å². The fraction of sp³-hybridized carbons (Fsp3) is 0.125. The van der Waals surface area contributed by atoms with E-state index < -0.39 is 0 Å². The number of benzene rings is 2. The van der Waals surface area contributed by atoms with Crippen molar-refractivity contribution in [2.45, 2.75) is 13.5 Å². The Morgan fingerprint density at radius 2 is 1.95 bits per heavy atom. The van der Waals surface area contributed by atoms with Crippen LogP contribution in [-0.4, -0.2) is 19.9 Å². The predicted molar refractivity (Wildman–Crippen MR) is 81.5 cm³/mol. The first-order valence-corrected chi connectivity index (χ1v) is 6.70. The normalized spacial score (nSPS) is 10.5. The second-order valence-electron chi connectivity index (χ2n) is 4.82. The van der Waals surface area contributed by atoms with Crippen LogP contribution in [0.25, 0.3) is 5.69 Å². The summed E-state index contributed by atoms with van der Waals surface area (Å²) in [4.78, 5) is 3.92. The molecule has 0 atom stereocenters. The third-order valence-electron chi connectivity index (χ3n) is 3.35. The van der Waals surface area contributed by atoms with Gasteiger partial charge in [0, 0.05) is 17.8 Å². The van der Waals surface area contributed by atoms with E-state index >= 15 is 0 Å². The van der Waals surface area contributed by atoms with Gasteiger partial charge in [0.15, 0.2) is 0 Å². The summed E-state index contributed by atoms with van der Waals surface area (Å²) in [6.45, 7) is 2.47. The van der Waals surface area contributed by atoms with Crippen molar-refractivity contribution in [3.05, 3.63) is 66.2 Å². The van der Waals surface area contributed by atoms with Gasteiger partial charge < -0.3 is 10.4 Å². The molecule has 5 heteroatoms. The summed E-state index contributed by atoms with van der Waals surface area (Å²) in [5, 5.41) is 17.4. The van der Waals surface area contributed by atoms with E-state index in [9.17, 15) is 5.11 Å². The topological polar surface area (TPSA) is 63.0 Å². The molecule has 0 aliphatic rings. The lowest BCUT2D eigenvalue weighted by atomic mass is 10.1. The molecule has 0 amide bonds. The second-order valence-corrected chi connectivity index (χ2v) is 4.82. The average Bonchev–Trinajstić information content (AvgIpc) is 3.04. The van der Waals surface area contributed by atoms with Gasteiger partial charge in [0.05, 0.1) is 5.69 Å². The van der Waals surface area contributed by atoms with Crippen LogP contribution in [0.5, 0.6) is 5.75 Å². The molecule has 1 heterocycles. The minimum atomic E-state index is 0.351. The molecule has 21 heavy (non-hydrogen) atoms. The summed E-state index contributed by atoms with van der Waals surface area (Å²) in [6.07, 6.45) is 3.17. The fourth-order valence-corrected chi connectivity index (χ4v) is 2.13. The van der Waals surface area contributed by atoms with Crippen LogP contribution in [-0.2, 0) is 6.54 Å². The van der Waals surface area contributed by atoms with Crippen molar-refractivity contribution in [1.29, 1.82) is 0 Å². The summed E-state index contributed by atoms with van der Waals surface area (Å²) in [6, 6.07) is 13.6. The van der Waals surface area contributed by atoms with Gasteiger partial charge >= 0.3 is 0 Å². The van der Waals surface area contributed by atoms with Gasteiger partial charge in [-0.2, -0.15) is 5.10 Å². The second kappa shape index (κ2) is 5.66. The van der Waals surface area contributed by atoms with Crippen LogP contribution in [0.4, 0.5) is 5.69 Å². The maximum atomic E-state index is 9.99. The lowest BCUT2D eigenvalue weighted by Gasteiger charge is -2.10. The van der Waals surface area contributed by atoms with E-state index in [1.54, 1.807) is 11.0 Å². The number of hydrogen-bond acceptors (Lipinski definition) is 4. The van der Waals surface area contributed by atoms with Crippen molar-refractivity contribution in [3.63, 3.8) is 0 Å². The quantitative estimate of drug-likeness (QED) is 0.771. The van der Waals surface area contributed by atoms with Gasteiger partial charge in [-0.15, -0.1) is 0 Å². The Hall–Kier alpha value is -2.82. The molecular formula is C16H16N4O. The molecule has 0 radical (unpaired) electrons. The van der Waals surface area contributed by atoms with Crippen LogP contribution in [0.2, 0.25) is 0 Å². The maximum absolute atomic E-state index is 9.99. The Labute approximate surface area is 122 Å². The SMILES string of the molecule is Cc1cccc(CNc2ccc(-n3cncn3)cc2)c1O. The van der Waals surface area contributed by atoms with Crippen LogP contribution >= 0.6 is 0 Å². The molecule has 1 aromatic heterocycles. The average molecular weight is 280 g/mol. The number of anilines is 1. The molecule has 2 N–H and O–H groups in total. The molecule has 0 aliphatic heterocycles. The summed E-state index contributed by atoms with van der Waals surface area (Å²) in [5.74, 6) is 0.351. The largest absolute Gasteiger partial charge is 0.507 e. The van der Waals surface area contributed by atoms with Crippen LogP contribution in [0.15, 0.2) is 55.1 Å². The molecule has 2 aromatic carbocycles. The standard InChI is InChI=1S/C16H16N4O/c1-12-3-2-4-13(16(12)21)9-18-14-5-7-15(8-6-14)20-11-17-10-19-20/h2-8,10-11,18,21H,9H2,1H3. The van der Waals surface area contributed by atoms with Gasteiger partial charge in [-0.3, -0.25) is 0 Å². The Balaban J connectivity index is 1.70. The molecule has 0 bridgehead atoms. The van der Waals surface area contributed by atoms with Gasteiger partial charge in [0.25, 0.3) is 0 Å². The third-order valence-corrected chi connectivity index (χ3v) is 3.35. The molecule has 106 valence electrons. The summed E-state index contributed by atoms with van der Waals surface area (Å²) in [5.41, 5.74) is 3.71. The molecule has 3 aromatic rings. The number of aromatic hydroxyl groups is 1. The molecule has 0 saturated heterocycles. The molecule has 0 aliphatic carbocycles. The minimum Gasteiger partial charge on any atom is -0.507 e. The molecule has 0 spiro atoms. The lowest BCUT2D eigenvalue weighted by molar-refractivity contribution is 0.465. The van der Waals surface area contributed by atoms with Gasteiger partial charge in [-0.1, -0.05) is 18.2 Å². The van der Waals surface area contributed by atoms with Crippen LogP contribution in [0.3, 0.4) is 0 Å². The van der Waals surface area contributed by atoms with Gasteiger partial charge in [-0.25, -0.2) is 9.67 Å². The highest BCUT2D eigenvalue weighted by Gasteiger charge is 2.03. The number of nitrogens with zero attached hydrogens (tertiary/aromatic N) is 3. The Bertz CT molecular complexity index is 721. The van der Waals surface area contributed by atoms with E-state index in [1.165, 1.54) is 6.33 Å². The van der Waals surface area contributed by atoms with E-state index in [-0.39, 0.29) is 0 Å². The molecule has 0 fully saturated rings. The number of hydrogen-bond donors (Lipinski definition) is 2. The van der Waals surface area contributed by atoms with Crippen LogP contribution < -0.4 is 5.32 Å².